The molecule has 3 aromatic rings. The number of alkyl carbamates (subject to hydrolysis) is 1. The highest BCUT2D eigenvalue weighted by atomic mass is 19.4. The van der Waals surface area contributed by atoms with Gasteiger partial charge in [-0.05, 0) is 30.0 Å². The fourth-order valence-electron chi connectivity index (χ4n) is 3.94. The van der Waals surface area contributed by atoms with E-state index in [4.69, 9.17) is 4.74 Å². The first-order valence-corrected chi connectivity index (χ1v) is 11.2. The molecule has 0 unspecified atom stereocenters. The van der Waals surface area contributed by atoms with Crippen LogP contribution in [0.1, 0.15) is 23.6 Å². The highest BCUT2D eigenvalue weighted by Crippen LogP contribution is 2.29. The zero-order chi connectivity index (χ0) is 24.4. The Labute approximate surface area is 198 Å². The van der Waals surface area contributed by atoms with Crippen LogP contribution < -0.4 is 5.32 Å². The highest BCUT2D eigenvalue weighted by Gasteiger charge is 2.48. The monoisotopic (exact) mass is 470 g/mol. The van der Waals surface area contributed by atoms with Gasteiger partial charge in [0.2, 0.25) is 0 Å². The van der Waals surface area contributed by atoms with Crippen LogP contribution in [0.25, 0.3) is 0 Å². The molecule has 0 saturated carbocycles. The van der Waals surface area contributed by atoms with Crippen molar-refractivity contribution in [3.05, 3.63) is 108 Å². The molecule has 180 valence electrons. The number of ether oxygens (including phenoxy) is 1. The topological polar surface area (TPSA) is 41.6 Å². The van der Waals surface area contributed by atoms with Gasteiger partial charge in [0.1, 0.15) is 6.04 Å². The van der Waals surface area contributed by atoms with Crippen molar-refractivity contribution in [2.24, 2.45) is 0 Å². The minimum absolute atomic E-state index is 0.0164. The van der Waals surface area contributed by atoms with E-state index in [1.165, 1.54) is 0 Å². The maximum Gasteiger partial charge on any atom is 0.410 e. The number of carbonyl (C=O) groups excluding carboxylic acids is 1. The number of hydrogen-bond donors (Lipinski definition) is 1. The predicted octanol–water partition coefficient (Wildman–Crippen LogP) is 5.98. The van der Waals surface area contributed by atoms with E-state index in [9.17, 15) is 18.0 Å². The molecule has 0 bridgehead atoms. The van der Waals surface area contributed by atoms with Crippen LogP contribution in [0, 0.1) is 0 Å². The largest absolute Gasteiger partial charge is 0.450 e. The van der Waals surface area contributed by atoms with Crippen LogP contribution in [-0.4, -0.2) is 35.9 Å². The van der Waals surface area contributed by atoms with E-state index < -0.39 is 24.4 Å². The van der Waals surface area contributed by atoms with E-state index in [1.54, 1.807) is 36.1 Å². The minimum Gasteiger partial charge on any atom is -0.450 e. The molecule has 0 aliphatic rings. The number of halogens is 3. The first-order valence-electron chi connectivity index (χ1n) is 11.2. The molecule has 0 saturated heterocycles. The molecule has 1 amide bonds. The molecule has 2 atom stereocenters. The zero-order valence-corrected chi connectivity index (χ0v) is 19.0. The predicted molar refractivity (Wildman–Crippen MR) is 126 cm³/mol. The maximum atomic E-state index is 14.4. The number of hydrogen-bond acceptors (Lipinski definition) is 3. The van der Waals surface area contributed by atoms with Crippen molar-refractivity contribution in [3.63, 3.8) is 0 Å². The van der Waals surface area contributed by atoms with Gasteiger partial charge in [0.05, 0.1) is 6.61 Å². The van der Waals surface area contributed by atoms with Gasteiger partial charge in [0.15, 0.2) is 0 Å². The van der Waals surface area contributed by atoms with Crippen LogP contribution in [0.3, 0.4) is 0 Å². The summed E-state index contributed by atoms with van der Waals surface area (Å²) in [5.41, 5.74) is 2.51. The standard InChI is InChI=1S/C27H29F3N2O2/c1-2-34-26(33)31-25(27(28,29)30)24(18-21-12-6-3-7-13-21)32(19-22-14-8-4-9-15-22)20-23-16-10-5-11-17-23/h3-17,24-25H,2,18-20H2,1H3,(H,31,33)/t24-,25-/m0/s1. The normalized spacial score (nSPS) is 13.3. The van der Waals surface area contributed by atoms with Crippen molar-refractivity contribution in [1.82, 2.24) is 10.2 Å². The fraction of sp³-hybridized carbons (Fsp3) is 0.296. The number of benzene rings is 3. The summed E-state index contributed by atoms with van der Waals surface area (Å²) in [7, 11) is 0. The molecule has 3 rings (SSSR count). The summed E-state index contributed by atoms with van der Waals surface area (Å²) in [5, 5.41) is 2.10. The van der Waals surface area contributed by atoms with Gasteiger partial charge in [0.25, 0.3) is 0 Å². The molecule has 4 nitrogen and oxygen atoms in total. The summed E-state index contributed by atoms with van der Waals surface area (Å²) >= 11 is 0. The van der Waals surface area contributed by atoms with Crippen LogP contribution in [0.15, 0.2) is 91.0 Å². The summed E-state index contributed by atoms with van der Waals surface area (Å²) in [6.45, 7) is 2.10. The van der Waals surface area contributed by atoms with E-state index in [-0.39, 0.29) is 26.1 Å². The molecule has 0 aliphatic carbocycles. The van der Waals surface area contributed by atoms with Crippen LogP contribution >= 0.6 is 0 Å². The summed E-state index contributed by atoms with van der Waals surface area (Å²) < 4.78 is 48.1. The number of amides is 1. The van der Waals surface area contributed by atoms with Crippen molar-refractivity contribution in [3.8, 4) is 0 Å². The lowest BCUT2D eigenvalue weighted by Gasteiger charge is -2.38. The molecule has 34 heavy (non-hydrogen) atoms. The van der Waals surface area contributed by atoms with Gasteiger partial charge in [-0.25, -0.2) is 4.79 Å². The third kappa shape index (κ3) is 7.63. The van der Waals surface area contributed by atoms with E-state index in [0.29, 0.717) is 0 Å². The molecule has 3 aromatic carbocycles. The Morgan fingerprint density at radius 1 is 0.824 bits per heavy atom. The lowest BCUT2D eigenvalue weighted by Crippen LogP contribution is -2.59. The van der Waals surface area contributed by atoms with Gasteiger partial charge < -0.3 is 10.1 Å². The Balaban J connectivity index is 2.03. The van der Waals surface area contributed by atoms with Crippen LogP contribution in [0.2, 0.25) is 0 Å². The molecule has 1 N–H and O–H groups in total. The third-order valence-electron chi connectivity index (χ3n) is 5.50. The van der Waals surface area contributed by atoms with Gasteiger partial charge >= 0.3 is 12.3 Å². The van der Waals surface area contributed by atoms with Crippen LogP contribution in [0.4, 0.5) is 18.0 Å². The van der Waals surface area contributed by atoms with E-state index in [0.717, 1.165) is 16.7 Å². The molecule has 0 aromatic heterocycles. The van der Waals surface area contributed by atoms with Gasteiger partial charge in [-0.1, -0.05) is 91.0 Å². The van der Waals surface area contributed by atoms with Gasteiger partial charge in [0, 0.05) is 19.1 Å². The quantitative estimate of drug-likeness (QED) is 0.397. The second kappa shape index (κ2) is 12.2. The molecule has 0 radical (unpaired) electrons. The number of alkyl halides is 3. The Bertz CT molecular complexity index is 957. The van der Waals surface area contributed by atoms with Crippen molar-refractivity contribution < 1.29 is 22.7 Å². The summed E-state index contributed by atoms with van der Waals surface area (Å²) in [6, 6.07) is 24.5. The Hall–Kier alpha value is -3.32. The SMILES string of the molecule is CCOC(=O)N[C@@H]([C@H](Cc1ccccc1)N(Cc1ccccc1)Cc1ccccc1)C(F)(F)F. The summed E-state index contributed by atoms with van der Waals surface area (Å²) in [5.74, 6) is 0. The van der Waals surface area contributed by atoms with Crippen molar-refractivity contribution in [2.45, 2.75) is 44.7 Å². The van der Waals surface area contributed by atoms with Gasteiger partial charge in [-0.2, -0.15) is 13.2 Å². The number of nitrogens with one attached hydrogen (secondary N) is 1. The van der Waals surface area contributed by atoms with Crippen molar-refractivity contribution >= 4 is 6.09 Å². The minimum atomic E-state index is -4.68. The van der Waals surface area contributed by atoms with Gasteiger partial charge in [-0.3, -0.25) is 4.90 Å². The third-order valence-corrected chi connectivity index (χ3v) is 5.50. The Morgan fingerprint density at radius 2 is 1.26 bits per heavy atom. The van der Waals surface area contributed by atoms with E-state index in [2.05, 4.69) is 5.32 Å². The highest BCUT2D eigenvalue weighted by molar-refractivity contribution is 5.67. The van der Waals surface area contributed by atoms with Crippen molar-refractivity contribution in [1.29, 1.82) is 0 Å². The molecular weight excluding hydrogens is 441 g/mol. The smallest absolute Gasteiger partial charge is 0.410 e. The Kier molecular flexibility index (Phi) is 9.10. The lowest BCUT2D eigenvalue weighted by atomic mass is 9.95. The first kappa shape index (κ1) is 25.3. The molecule has 0 heterocycles. The van der Waals surface area contributed by atoms with E-state index in [1.807, 2.05) is 66.7 Å². The summed E-state index contributed by atoms with van der Waals surface area (Å²) in [4.78, 5) is 13.9. The zero-order valence-electron chi connectivity index (χ0n) is 19.0. The molecule has 0 fully saturated rings. The van der Waals surface area contributed by atoms with Crippen LogP contribution in [-0.2, 0) is 24.2 Å². The summed E-state index contributed by atoms with van der Waals surface area (Å²) in [6.07, 6.45) is -5.67. The van der Waals surface area contributed by atoms with Gasteiger partial charge in [-0.15, -0.1) is 0 Å². The van der Waals surface area contributed by atoms with E-state index >= 15 is 0 Å². The Morgan fingerprint density at radius 3 is 1.68 bits per heavy atom. The van der Waals surface area contributed by atoms with Crippen molar-refractivity contribution in [2.75, 3.05) is 6.61 Å². The average Bonchev–Trinajstić information content (AvgIpc) is 2.82. The number of rotatable bonds is 10. The number of nitrogens with zero attached hydrogens (tertiary/aromatic N) is 1. The first-order chi connectivity index (χ1) is 16.4. The molecule has 0 aliphatic heterocycles. The average molecular weight is 471 g/mol. The molecule has 0 spiro atoms. The lowest BCUT2D eigenvalue weighted by molar-refractivity contribution is -0.170. The number of carbonyl (C=O) groups is 1. The molecule has 7 heteroatoms. The molecular formula is C27H29F3N2O2. The second-order valence-corrected chi connectivity index (χ2v) is 8.02. The van der Waals surface area contributed by atoms with Crippen LogP contribution in [0.5, 0.6) is 0 Å². The second-order valence-electron chi connectivity index (χ2n) is 8.02. The maximum absolute atomic E-state index is 14.4. The fourth-order valence-corrected chi connectivity index (χ4v) is 3.94.